The fourth-order valence-electron chi connectivity index (χ4n) is 3.08. The van der Waals surface area contributed by atoms with E-state index in [2.05, 4.69) is 6.92 Å². The van der Waals surface area contributed by atoms with Crippen LogP contribution in [0.3, 0.4) is 0 Å². The lowest BCUT2D eigenvalue weighted by molar-refractivity contribution is -0.136. The van der Waals surface area contributed by atoms with Gasteiger partial charge >= 0.3 is 5.97 Å². The predicted molar refractivity (Wildman–Crippen MR) is 102 cm³/mol. The summed E-state index contributed by atoms with van der Waals surface area (Å²) in [5.41, 5.74) is 4.04. The van der Waals surface area contributed by atoms with Crippen molar-refractivity contribution < 1.29 is 14.3 Å². The summed E-state index contributed by atoms with van der Waals surface area (Å²) in [4.78, 5) is 27.0. The quantitative estimate of drug-likeness (QED) is 0.617. The number of allylic oxidation sites excluding steroid dienone is 1. The average molecular weight is 347 g/mol. The van der Waals surface area contributed by atoms with Crippen molar-refractivity contribution >= 4 is 23.6 Å². The van der Waals surface area contributed by atoms with Crippen LogP contribution in [0.15, 0.2) is 71.4 Å². The molecule has 1 heterocycles. The van der Waals surface area contributed by atoms with Crippen LogP contribution in [-0.2, 0) is 20.7 Å². The number of para-hydroxylation sites is 1. The van der Waals surface area contributed by atoms with Crippen molar-refractivity contribution in [3.8, 4) is 0 Å². The number of amides is 1. The van der Waals surface area contributed by atoms with Crippen molar-refractivity contribution in [1.29, 1.82) is 0 Å². The molecule has 1 aliphatic heterocycles. The number of rotatable bonds is 4. The summed E-state index contributed by atoms with van der Waals surface area (Å²) in [5.74, 6) is -0.737. The lowest BCUT2D eigenvalue weighted by Crippen LogP contribution is -2.24. The van der Waals surface area contributed by atoms with E-state index in [9.17, 15) is 9.59 Å². The van der Waals surface area contributed by atoms with Gasteiger partial charge in [0.15, 0.2) is 0 Å². The first-order valence-corrected chi connectivity index (χ1v) is 8.56. The highest BCUT2D eigenvalue weighted by Crippen LogP contribution is 2.35. The van der Waals surface area contributed by atoms with E-state index >= 15 is 0 Å². The number of hydrogen-bond acceptors (Lipinski definition) is 3. The first-order chi connectivity index (χ1) is 12.6. The molecule has 0 bridgehead atoms. The van der Waals surface area contributed by atoms with Crippen LogP contribution >= 0.6 is 0 Å². The zero-order valence-electron chi connectivity index (χ0n) is 15.2. The van der Waals surface area contributed by atoms with Crippen molar-refractivity contribution in [1.82, 2.24) is 0 Å². The van der Waals surface area contributed by atoms with Gasteiger partial charge in [-0.25, -0.2) is 4.79 Å². The van der Waals surface area contributed by atoms with Crippen molar-refractivity contribution in [2.75, 3.05) is 12.0 Å². The number of nitrogens with zero attached hydrogens (tertiary/aromatic N) is 1. The van der Waals surface area contributed by atoms with E-state index in [0.29, 0.717) is 16.8 Å². The maximum absolute atomic E-state index is 13.1. The molecule has 2 aromatic carbocycles. The van der Waals surface area contributed by atoms with E-state index in [1.165, 1.54) is 12.7 Å². The van der Waals surface area contributed by atoms with E-state index in [1.807, 2.05) is 54.6 Å². The van der Waals surface area contributed by atoms with Gasteiger partial charge in [0.25, 0.3) is 5.91 Å². The number of hydrogen-bond donors (Lipinski definition) is 0. The van der Waals surface area contributed by atoms with Gasteiger partial charge in [0, 0.05) is 11.4 Å². The molecule has 1 aliphatic rings. The number of aryl methyl sites for hydroxylation is 1. The number of methoxy groups -OCH3 is 1. The number of carbonyl (C=O) groups excluding carboxylic acids is 2. The summed E-state index contributed by atoms with van der Waals surface area (Å²) < 4.78 is 4.93. The van der Waals surface area contributed by atoms with Gasteiger partial charge in [0.05, 0.1) is 18.3 Å². The van der Waals surface area contributed by atoms with Gasteiger partial charge in [-0.2, -0.15) is 0 Å². The second-order valence-corrected chi connectivity index (χ2v) is 6.08. The summed E-state index contributed by atoms with van der Waals surface area (Å²) in [6.07, 6.45) is 2.70. The van der Waals surface area contributed by atoms with E-state index in [4.69, 9.17) is 4.74 Å². The molecule has 0 radical (unpaired) electrons. The maximum Gasteiger partial charge on any atom is 0.340 e. The van der Waals surface area contributed by atoms with Crippen LogP contribution in [0.25, 0.3) is 6.08 Å². The molecule has 2 aromatic rings. The monoisotopic (exact) mass is 347 g/mol. The molecule has 26 heavy (non-hydrogen) atoms. The van der Waals surface area contributed by atoms with Gasteiger partial charge in [-0.1, -0.05) is 49.4 Å². The van der Waals surface area contributed by atoms with Crippen molar-refractivity contribution in [3.63, 3.8) is 0 Å². The maximum atomic E-state index is 13.1. The number of esters is 1. The Morgan fingerprint density at radius 3 is 2.31 bits per heavy atom. The van der Waals surface area contributed by atoms with E-state index < -0.39 is 5.97 Å². The highest BCUT2D eigenvalue weighted by atomic mass is 16.5. The van der Waals surface area contributed by atoms with Crippen LogP contribution in [0, 0.1) is 0 Å². The minimum Gasteiger partial charge on any atom is -0.465 e. The summed E-state index contributed by atoms with van der Waals surface area (Å²) in [6.45, 7) is 3.85. The molecule has 1 amide bonds. The second kappa shape index (κ2) is 7.40. The van der Waals surface area contributed by atoms with Crippen LogP contribution in [0.1, 0.15) is 25.0 Å². The third-order valence-corrected chi connectivity index (χ3v) is 4.50. The van der Waals surface area contributed by atoms with E-state index in [1.54, 1.807) is 17.9 Å². The first kappa shape index (κ1) is 17.7. The third-order valence-electron chi connectivity index (χ3n) is 4.50. The van der Waals surface area contributed by atoms with Crippen LogP contribution in [0.4, 0.5) is 5.69 Å². The minimum absolute atomic E-state index is 0.228. The SMILES string of the molecule is CCc1ccc(/C=C2\C(=O)N(c3ccccc3)C(C)=C2C(=O)OC)cc1. The Morgan fingerprint density at radius 1 is 1.08 bits per heavy atom. The van der Waals surface area contributed by atoms with E-state index in [-0.39, 0.29) is 5.91 Å². The largest absolute Gasteiger partial charge is 0.465 e. The normalized spacial score (nSPS) is 15.7. The third kappa shape index (κ3) is 3.18. The Kier molecular flexibility index (Phi) is 5.03. The van der Waals surface area contributed by atoms with Crippen LogP contribution in [0.2, 0.25) is 0 Å². The van der Waals surface area contributed by atoms with Gasteiger partial charge in [0.1, 0.15) is 0 Å². The molecule has 0 saturated carbocycles. The van der Waals surface area contributed by atoms with Crippen LogP contribution in [-0.4, -0.2) is 19.0 Å². The molecule has 132 valence electrons. The van der Waals surface area contributed by atoms with Gasteiger partial charge < -0.3 is 4.74 Å². The highest BCUT2D eigenvalue weighted by molar-refractivity contribution is 6.23. The number of ether oxygens (including phenoxy) is 1. The fourth-order valence-corrected chi connectivity index (χ4v) is 3.08. The predicted octanol–water partition coefficient (Wildman–Crippen LogP) is 4.13. The summed E-state index contributed by atoms with van der Waals surface area (Å²) in [5, 5.41) is 0. The zero-order valence-corrected chi connectivity index (χ0v) is 15.2. The van der Waals surface area contributed by atoms with Gasteiger partial charge in [-0.15, -0.1) is 0 Å². The van der Waals surface area contributed by atoms with Gasteiger partial charge in [-0.3, -0.25) is 9.69 Å². The fraction of sp³-hybridized carbons (Fsp3) is 0.182. The molecule has 4 heteroatoms. The molecule has 0 atom stereocenters. The average Bonchev–Trinajstić information content (AvgIpc) is 2.92. The molecule has 0 unspecified atom stereocenters. The Bertz CT molecular complexity index is 893. The first-order valence-electron chi connectivity index (χ1n) is 8.56. The molecule has 4 nitrogen and oxygen atoms in total. The minimum atomic E-state index is -0.509. The number of benzene rings is 2. The van der Waals surface area contributed by atoms with Gasteiger partial charge in [-0.05, 0) is 42.7 Å². The topological polar surface area (TPSA) is 46.6 Å². The Hall–Kier alpha value is -3.14. The lowest BCUT2D eigenvalue weighted by atomic mass is 10.0. The molecule has 0 saturated heterocycles. The number of carbonyl (C=O) groups is 2. The Balaban J connectivity index is 2.09. The standard InChI is InChI=1S/C22H21NO3/c1-4-16-10-12-17(13-11-16)14-19-20(22(25)26-3)15(2)23(21(19)24)18-8-6-5-7-9-18/h5-14H,4H2,1-3H3/b19-14-. The zero-order chi connectivity index (χ0) is 18.7. The second-order valence-electron chi connectivity index (χ2n) is 6.08. The Labute approximate surface area is 153 Å². The molecule has 0 fully saturated rings. The van der Waals surface area contributed by atoms with Crippen LogP contribution in [0.5, 0.6) is 0 Å². The van der Waals surface area contributed by atoms with E-state index in [0.717, 1.165) is 17.7 Å². The summed E-state index contributed by atoms with van der Waals surface area (Å²) >= 11 is 0. The van der Waals surface area contributed by atoms with Gasteiger partial charge in [0.2, 0.25) is 0 Å². The molecule has 0 spiro atoms. The summed E-state index contributed by atoms with van der Waals surface area (Å²) in [7, 11) is 1.33. The smallest absolute Gasteiger partial charge is 0.340 e. The highest BCUT2D eigenvalue weighted by Gasteiger charge is 2.37. The molecule has 0 N–H and O–H groups in total. The molecular formula is C22H21NO3. The molecule has 0 aromatic heterocycles. The van der Waals surface area contributed by atoms with Crippen molar-refractivity contribution in [2.45, 2.75) is 20.3 Å². The van der Waals surface area contributed by atoms with Crippen molar-refractivity contribution in [2.24, 2.45) is 0 Å². The molecule has 3 rings (SSSR count). The Morgan fingerprint density at radius 2 is 1.73 bits per heavy atom. The number of anilines is 1. The molecular weight excluding hydrogens is 326 g/mol. The summed E-state index contributed by atoms with van der Waals surface area (Å²) in [6, 6.07) is 17.2. The molecule has 0 aliphatic carbocycles. The van der Waals surface area contributed by atoms with Crippen molar-refractivity contribution in [3.05, 3.63) is 82.6 Å². The lowest BCUT2D eigenvalue weighted by Gasteiger charge is -2.17. The van der Waals surface area contributed by atoms with Crippen LogP contribution < -0.4 is 4.90 Å².